The molecule has 0 radical (unpaired) electrons. The number of hydrogen-bond donors (Lipinski definition) is 1. The number of hydrogen-bond acceptors (Lipinski definition) is 6. The molecule has 1 aliphatic heterocycles. The van der Waals surface area contributed by atoms with Crippen molar-refractivity contribution in [3.05, 3.63) is 83.3 Å². The lowest BCUT2D eigenvalue weighted by atomic mass is 9.98. The number of fused-ring (bicyclic) bond motifs is 3. The van der Waals surface area contributed by atoms with Gasteiger partial charge >= 0.3 is 18.2 Å². The zero-order valence-corrected chi connectivity index (χ0v) is 23.0. The minimum Gasteiger partial charge on any atom is -0.478 e. The van der Waals surface area contributed by atoms with Gasteiger partial charge in [-0.15, -0.1) is 0 Å². The zero-order valence-electron chi connectivity index (χ0n) is 23.0. The van der Waals surface area contributed by atoms with Crippen molar-refractivity contribution in [3.63, 3.8) is 0 Å². The van der Waals surface area contributed by atoms with Crippen molar-refractivity contribution in [2.45, 2.75) is 57.7 Å². The van der Waals surface area contributed by atoms with Crippen LogP contribution in [0.2, 0.25) is 0 Å². The molecule has 2 aromatic carbocycles. The molecule has 9 nitrogen and oxygen atoms in total. The molecule has 2 amide bonds. The number of piperidine rings is 1. The maximum atomic E-state index is 13.7. The number of rotatable bonds is 6. The highest BCUT2D eigenvalue weighted by Gasteiger charge is 2.36. The molecule has 1 unspecified atom stereocenters. The largest absolute Gasteiger partial charge is 0.478 e. The monoisotopic (exact) mass is 546 g/mol. The third-order valence-electron chi connectivity index (χ3n) is 7.35. The second-order valence-electron chi connectivity index (χ2n) is 11.2. The highest BCUT2D eigenvalue weighted by atomic mass is 16.6. The first-order valence-corrected chi connectivity index (χ1v) is 13.5. The Bertz CT molecular complexity index is 1360. The standard InChI is InChI=1S/C31H34N2O7/c1-31(2,3)40-29(36)32-15-8-9-20(17-32)33(18-27-25(28(34)35)14-16-38-27)30(37)39-19-26-23-12-6-4-10-21(23)22-11-5-7-13-24(22)26/h4-7,10-14,16,20,26H,8-9,15,17-19H2,1-3H3,(H,34,35). The summed E-state index contributed by atoms with van der Waals surface area (Å²) in [6.07, 6.45) is 1.52. The topological polar surface area (TPSA) is 110 Å². The molecule has 1 saturated heterocycles. The lowest BCUT2D eigenvalue weighted by Crippen LogP contribution is -2.52. The number of nitrogens with zero attached hydrogens (tertiary/aromatic N) is 2. The molecular weight excluding hydrogens is 512 g/mol. The van der Waals surface area contributed by atoms with Crippen molar-refractivity contribution < 1.29 is 33.4 Å². The van der Waals surface area contributed by atoms with Crippen molar-refractivity contribution in [1.82, 2.24) is 9.80 Å². The van der Waals surface area contributed by atoms with Gasteiger partial charge in [-0.1, -0.05) is 48.5 Å². The molecule has 1 fully saturated rings. The molecule has 9 heteroatoms. The molecule has 1 N–H and O–H groups in total. The Morgan fingerprint density at radius 2 is 1.68 bits per heavy atom. The Balaban J connectivity index is 1.37. The average Bonchev–Trinajstić information content (AvgIpc) is 3.52. The molecule has 0 spiro atoms. The molecule has 2 heterocycles. The summed E-state index contributed by atoms with van der Waals surface area (Å²) in [7, 11) is 0. The summed E-state index contributed by atoms with van der Waals surface area (Å²) < 4.78 is 17.0. The highest BCUT2D eigenvalue weighted by Crippen LogP contribution is 2.44. The van der Waals surface area contributed by atoms with Crippen molar-refractivity contribution >= 4 is 18.2 Å². The second-order valence-corrected chi connectivity index (χ2v) is 11.2. The van der Waals surface area contributed by atoms with Gasteiger partial charge in [0.05, 0.1) is 18.8 Å². The first-order chi connectivity index (χ1) is 19.1. The third-order valence-corrected chi connectivity index (χ3v) is 7.35. The van der Waals surface area contributed by atoms with Gasteiger partial charge in [0.1, 0.15) is 23.5 Å². The minimum atomic E-state index is -1.14. The van der Waals surface area contributed by atoms with E-state index in [4.69, 9.17) is 13.9 Å². The lowest BCUT2D eigenvalue weighted by molar-refractivity contribution is 0.00734. The number of likely N-dealkylation sites (tertiary alicyclic amines) is 1. The van der Waals surface area contributed by atoms with Gasteiger partial charge < -0.3 is 23.9 Å². The van der Waals surface area contributed by atoms with E-state index in [1.807, 2.05) is 36.4 Å². The van der Waals surface area contributed by atoms with Gasteiger partial charge in [0.25, 0.3) is 0 Å². The van der Waals surface area contributed by atoms with Crippen LogP contribution in [0.25, 0.3) is 11.1 Å². The quantitative estimate of drug-likeness (QED) is 0.396. The predicted octanol–water partition coefficient (Wildman–Crippen LogP) is 6.13. The van der Waals surface area contributed by atoms with Crippen molar-refractivity contribution in [1.29, 1.82) is 0 Å². The van der Waals surface area contributed by atoms with E-state index >= 15 is 0 Å². The highest BCUT2D eigenvalue weighted by molar-refractivity contribution is 5.88. The SMILES string of the molecule is CC(C)(C)OC(=O)N1CCCC(N(Cc2occc2C(=O)O)C(=O)OCC2c3ccccc3-c3ccccc32)C1. The molecule has 5 rings (SSSR count). The van der Waals surface area contributed by atoms with Crippen molar-refractivity contribution in [2.75, 3.05) is 19.7 Å². The number of carboxylic acid groups (broad SMARTS) is 1. The van der Waals surface area contributed by atoms with E-state index in [0.29, 0.717) is 19.4 Å². The molecule has 0 bridgehead atoms. The molecule has 40 heavy (non-hydrogen) atoms. The Morgan fingerprint density at radius 3 is 2.30 bits per heavy atom. The summed E-state index contributed by atoms with van der Waals surface area (Å²) in [5.41, 5.74) is 3.76. The fourth-order valence-electron chi connectivity index (χ4n) is 5.53. The Labute approximate surface area is 233 Å². The first-order valence-electron chi connectivity index (χ1n) is 13.5. The van der Waals surface area contributed by atoms with Gasteiger partial charge in [-0.3, -0.25) is 4.90 Å². The van der Waals surface area contributed by atoms with Gasteiger partial charge in [0, 0.05) is 19.0 Å². The van der Waals surface area contributed by atoms with Crippen molar-refractivity contribution in [2.24, 2.45) is 0 Å². The predicted molar refractivity (Wildman–Crippen MR) is 147 cm³/mol. The van der Waals surface area contributed by atoms with E-state index in [9.17, 15) is 19.5 Å². The van der Waals surface area contributed by atoms with Crippen LogP contribution in [0.1, 0.15) is 66.8 Å². The van der Waals surface area contributed by atoms with Crippen LogP contribution in [0, 0.1) is 0 Å². The van der Waals surface area contributed by atoms with Crippen LogP contribution in [-0.2, 0) is 16.0 Å². The third kappa shape index (κ3) is 5.68. The normalized spacial score (nSPS) is 16.7. The second kappa shape index (κ2) is 11.1. The lowest BCUT2D eigenvalue weighted by Gasteiger charge is -2.39. The average molecular weight is 547 g/mol. The van der Waals surface area contributed by atoms with Crippen LogP contribution >= 0.6 is 0 Å². The fraction of sp³-hybridized carbons (Fsp3) is 0.387. The number of ether oxygens (including phenoxy) is 2. The van der Waals surface area contributed by atoms with E-state index in [2.05, 4.69) is 12.1 Å². The van der Waals surface area contributed by atoms with Crippen LogP contribution < -0.4 is 0 Å². The van der Waals surface area contributed by atoms with Crippen LogP contribution in [0.3, 0.4) is 0 Å². The fourth-order valence-corrected chi connectivity index (χ4v) is 5.53. The number of aromatic carboxylic acids is 1. The van der Waals surface area contributed by atoms with Crippen LogP contribution in [0.15, 0.2) is 65.3 Å². The number of benzene rings is 2. The zero-order chi connectivity index (χ0) is 28.4. The summed E-state index contributed by atoms with van der Waals surface area (Å²) in [6, 6.07) is 17.1. The van der Waals surface area contributed by atoms with Gasteiger partial charge in [-0.25, -0.2) is 14.4 Å². The van der Waals surface area contributed by atoms with Gasteiger partial charge in [-0.2, -0.15) is 0 Å². The van der Waals surface area contributed by atoms with Gasteiger partial charge in [-0.05, 0) is 61.9 Å². The Hall–Kier alpha value is -4.27. The van der Waals surface area contributed by atoms with E-state index in [-0.39, 0.29) is 36.9 Å². The summed E-state index contributed by atoms with van der Waals surface area (Å²) in [6.45, 7) is 6.18. The molecule has 1 aliphatic carbocycles. The maximum Gasteiger partial charge on any atom is 0.410 e. The molecule has 1 aromatic heterocycles. The summed E-state index contributed by atoms with van der Waals surface area (Å²) >= 11 is 0. The summed E-state index contributed by atoms with van der Waals surface area (Å²) in [5.74, 6) is -1.12. The van der Waals surface area contributed by atoms with E-state index in [1.54, 1.807) is 25.7 Å². The summed E-state index contributed by atoms with van der Waals surface area (Å²) in [4.78, 5) is 41.4. The molecule has 210 valence electrons. The summed E-state index contributed by atoms with van der Waals surface area (Å²) in [5, 5.41) is 9.61. The molecule has 2 aliphatic rings. The number of carbonyl (C=O) groups is 3. The first kappa shape index (κ1) is 27.3. The maximum absolute atomic E-state index is 13.7. The molecule has 1 atom stereocenters. The molecule has 3 aromatic rings. The Morgan fingerprint density at radius 1 is 1.02 bits per heavy atom. The van der Waals surface area contributed by atoms with E-state index in [1.165, 1.54) is 17.2 Å². The van der Waals surface area contributed by atoms with Crippen LogP contribution in [0.4, 0.5) is 9.59 Å². The molecule has 0 saturated carbocycles. The van der Waals surface area contributed by atoms with E-state index < -0.39 is 29.8 Å². The van der Waals surface area contributed by atoms with Crippen molar-refractivity contribution in [3.8, 4) is 11.1 Å². The number of furan rings is 1. The van der Waals surface area contributed by atoms with Gasteiger partial charge in [0.2, 0.25) is 0 Å². The smallest absolute Gasteiger partial charge is 0.410 e. The Kier molecular flexibility index (Phi) is 7.56. The molecular formula is C31H34N2O7. The number of carbonyl (C=O) groups excluding carboxylic acids is 2. The van der Waals surface area contributed by atoms with Gasteiger partial charge in [0.15, 0.2) is 0 Å². The number of carboxylic acids is 1. The number of amides is 2. The van der Waals surface area contributed by atoms with Crippen LogP contribution in [-0.4, -0.2) is 64.4 Å². The van der Waals surface area contributed by atoms with Crippen LogP contribution in [0.5, 0.6) is 0 Å². The minimum absolute atomic E-state index is 0.0174. The van der Waals surface area contributed by atoms with E-state index in [0.717, 1.165) is 22.3 Å².